The van der Waals surface area contributed by atoms with Gasteiger partial charge in [0.05, 0.1) is 17.8 Å². The van der Waals surface area contributed by atoms with Gasteiger partial charge in [0.1, 0.15) is 6.10 Å². The van der Waals surface area contributed by atoms with Crippen molar-refractivity contribution in [2.75, 3.05) is 5.32 Å². The third-order valence-electron chi connectivity index (χ3n) is 3.60. The van der Waals surface area contributed by atoms with E-state index in [9.17, 15) is 4.79 Å². The summed E-state index contributed by atoms with van der Waals surface area (Å²) in [5.74, 6) is -0.181. The molecule has 1 N–H and O–H groups in total. The summed E-state index contributed by atoms with van der Waals surface area (Å²) in [6.45, 7) is 2.15. The van der Waals surface area contributed by atoms with Crippen molar-refractivity contribution in [3.63, 3.8) is 0 Å². The highest BCUT2D eigenvalue weighted by Gasteiger charge is 2.15. The third kappa shape index (κ3) is 3.73. The molecule has 4 heteroatoms. The molecule has 116 valence electrons. The molecule has 0 aliphatic rings. The van der Waals surface area contributed by atoms with Gasteiger partial charge in [-0.3, -0.25) is 9.78 Å². The van der Waals surface area contributed by atoms with Gasteiger partial charge in [0.15, 0.2) is 0 Å². The number of benzene rings is 2. The maximum Gasteiger partial charge on any atom is 0.253 e. The Balaban J connectivity index is 1.66. The molecule has 1 amide bonds. The van der Waals surface area contributed by atoms with Gasteiger partial charge in [0.25, 0.3) is 5.91 Å². The average molecular weight is 306 g/mol. The van der Waals surface area contributed by atoms with Crippen LogP contribution in [-0.2, 0) is 16.1 Å². The van der Waals surface area contributed by atoms with Crippen molar-refractivity contribution in [3.05, 3.63) is 72.4 Å². The van der Waals surface area contributed by atoms with E-state index in [4.69, 9.17) is 4.74 Å². The quantitative estimate of drug-likeness (QED) is 0.780. The Bertz CT molecular complexity index is 797. The normalized spacial score (nSPS) is 12.0. The van der Waals surface area contributed by atoms with Gasteiger partial charge in [-0.05, 0) is 24.6 Å². The summed E-state index contributed by atoms with van der Waals surface area (Å²) in [4.78, 5) is 16.6. The number of hydrogen-bond acceptors (Lipinski definition) is 3. The summed E-state index contributed by atoms with van der Waals surface area (Å²) in [5.41, 5.74) is 2.51. The first-order valence-electron chi connectivity index (χ1n) is 7.54. The molecule has 4 nitrogen and oxygen atoms in total. The smallest absolute Gasteiger partial charge is 0.253 e. The second-order valence-electron chi connectivity index (χ2n) is 5.31. The van der Waals surface area contributed by atoms with Crippen LogP contribution in [0.15, 0.2) is 66.9 Å². The highest BCUT2D eigenvalue weighted by atomic mass is 16.5. The number of fused-ring (bicyclic) bond motifs is 1. The van der Waals surface area contributed by atoms with E-state index in [1.165, 1.54) is 0 Å². The molecule has 1 aromatic heterocycles. The Hall–Kier alpha value is -2.72. The molecule has 2 aromatic carbocycles. The highest BCUT2D eigenvalue weighted by molar-refractivity contribution is 6.01. The second-order valence-corrected chi connectivity index (χ2v) is 5.31. The van der Waals surface area contributed by atoms with Gasteiger partial charge in [-0.2, -0.15) is 0 Å². The minimum atomic E-state index is -0.547. The number of ether oxygens (including phenoxy) is 1. The zero-order valence-electron chi connectivity index (χ0n) is 12.9. The molecule has 0 aliphatic heterocycles. The van der Waals surface area contributed by atoms with Crippen LogP contribution in [0.1, 0.15) is 12.5 Å². The van der Waals surface area contributed by atoms with Crippen LogP contribution in [0, 0.1) is 0 Å². The van der Waals surface area contributed by atoms with Crippen molar-refractivity contribution >= 4 is 22.5 Å². The first kappa shape index (κ1) is 15.2. The van der Waals surface area contributed by atoms with E-state index in [1.54, 1.807) is 13.1 Å². The minimum absolute atomic E-state index is 0.181. The van der Waals surface area contributed by atoms with Gasteiger partial charge in [-0.1, -0.05) is 48.5 Å². The summed E-state index contributed by atoms with van der Waals surface area (Å²) < 4.78 is 5.64. The fraction of sp³-hybridized carbons (Fsp3) is 0.158. The van der Waals surface area contributed by atoms with Gasteiger partial charge < -0.3 is 10.1 Å². The lowest BCUT2D eigenvalue weighted by Gasteiger charge is -2.14. The molecule has 0 unspecified atom stereocenters. The Morgan fingerprint density at radius 3 is 2.70 bits per heavy atom. The zero-order chi connectivity index (χ0) is 16.1. The maximum atomic E-state index is 12.3. The van der Waals surface area contributed by atoms with Crippen LogP contribution in [0.25, 0.3) is 10.9 Å². The van der Waals surface area contributed by atoms with Crippen molar-refractivity contribution in [2.45, 2.75) is 19.6 Å². The molecule has 3 rings (SSSR count). The molecule has 0 aliphatic carbocycles. The van der Waals surface area contributed by atoms with E-state index in [2.05, 4.69) is 10.3 Å². The minimum Gasteiger partial charge on any atom is -0.364 e. The summed E-state index contributed by atoms with van der Waals surface area (Å²) in [5, 5.41) is 3.88. The van der Waals surface area contributed by atoms with Crippen molar-refractivity contribution < 1.29 is 9.53 Å². The van der Waals surface area contributed by atoms with Gasteiger partial charge in [0.2, 0.25) is 0 Å². The van der Waals surface area contributed by atoms with E-state index >= 15 is 0 Å². The molecule has 1 heterocycles. The van der Waals surface area contributed by atoms with E-state index < -0.39 is 6.10 Å². The standard InChI is InChI=1S/C19H18N2O2/c1-14(23-13-15-7-3-2-4-8-15)19(22)21-17-11-5-9-16-10-6-12-20-18(16)17/h2-12,14H,13H2,1H3,(H,21,22)/t14-/m1/s1. The van der Waals surface area contributed by atoms with Crippen molar-refractivity contribution in [1.29, 1.82) is 0 Å². The van der Waals surface area contributed by atoms with Crippen molar-refractivity contribution in [1.82, 2.24) is 4.98 Å². The molecular weight excluding hydrogens is 288 g/mol. The summed E-state index contributed by atoms with van der Waals surface area (Å²) >= 11 is 0. The number of rotatable bonds is 5. The lowest BCUT2D eigenvalue weighted by atomic mass is 10.2. The first-order valence-corrected chi connectivity index (χ1v) is 7.54. The number of carbonyl (C=O) groups is 1. The summed E-state index contributed by atoms with van der Waals surface area (Å²) in [6, 6.07) is 19.3. The predicted molar refractivity (Wildman–Crippen MR) is 91.1 cm³/mol. The molecule has 1 atom stereocenters. The molecule has 0 saturated carbocycles. The topological polar surface area (TPSA) is 51.2 Å². The third-order valence-corrected chi connectivity index (χ3v) is 3.60. The summed E-state index contributed by atoms with van der Waals surface area (Å²) in [7, 11) is 0. The monoisotopic (exact) mass is 306 g/mol. The van der Waals surface area contributed by atoms with E-state index in [1.807, 2.05) is 60.7 Å². The number of carbonyl (C=O) groups excluding carboxylic acids is 1. The number of nitrogens with zero attached hydrogens (tertiary/aromatic N) is 1. The molecule has 0 saturated heterocycles. The highest BCUT2D eigenvalue weighted by Crippen LogP contribution is 2.21. The molecular formula is C19H18N2O2. The summed E-state index contributed by atoms with van der Waals surface area (Å²) in [6.07, 6.45) is 1.17. The van der Waals surface area contributed by atoms with Crippen LogP contribution in [0.4, 0.5) is 5.69 Å². The Kier molecular flexibility index (Phi) is 4.64. The molecule has 3 aromatic rings. The molecule has 0 bridgehead atoms. The maximum absolute atomic E-state index is 12.3. The SMILES string of the molecule is C[C@@H](OCc1ccccc1)C(=O)Nc1cccc2cccnc12. The van der Waals surface area contributed by atoms with Gasteiger partial charge >= 0.3 is 0 Å². The van der Waals surface area contributed by atoms with Crippen molar-refractivity contribution in [2.24, 2.45) is 0 Å². The lowest BCUT2D eigenvalue weighted by Crippen LogP contribution is -2.27. The van der Waals surface area contributed by atoms with E-state index in [0.29, 0.717) is 12.3 Å². The Morgan fingerprint density at radius 1 is 1.09 bits per heavy atom. The first-order chi connectivity index (χ1) is 11.2. The predicted octanol–water partition coefficient (Wildman–Crippen LogP) is 3.78. The largest absolute Gasteiger partial charge is 0.364 e. The fourth-order valence-electron chi connectivity index (χ4n) is 2.31. The Morgan fingerprint density at radius 2 is 1.87 bits per heavy atom. The van der Waals surface area contributed by atoms with Crippen LogP contribution in [0.2, 0.25) is 0 Å². The number of nitrogens with one attached hydrogen (secondary N) is 1. The number of aromatic nitrogens is 1. The van der Waals surface area contributed by atoms with E-state index in [-0.39, 0.29) is 5.91 Å². The number of amides is 1. The van der Waals surface area contributed by atoms with Crippen LogP contribution in [-0.4, -0.2) is 17.0 Å². The molecule has 23 heavy (non-hydrogen) atoms. The lowest BCUT2D eigenvalue weighted by molar-refractivity contribution is -0.127. The van der Waals surface area contributed by atoms with Crippen LogP contribution < -0.4 is 5.32 Å². The molecule has 0 radical (unpaired) electrons. The Labute approximate surface area is 135 Å². The van der Waals surface area contributed by atoms with Crippen LogP contribution in [0.3, 0.4) is 0 Å². The second kappa shape index (κ2) is 7.03. The van der Waals surface area contributed by atoms with E-state index in [0.717, 1.165) is 16.5 Å². The van der Waals surface area contributed by atoms with Gasteiger partial charge in [-0.15, -0.1) is 0 Å². The van der Waals surface area contributed by atoms with Gasteiger partial charge in [-0.25, -0.2) is 0 Å². The number of anilines is 1. The van der Waals surface area contributed by atoms with Crippen LogP contribution in [0.5, 0.6) is 0 Å². The zero-order valence-corrected chi connectivity index (χ0v) is 12.9. The molecule has 0 spiro atoms. The van der Waals surface area contributed by atoms with Gasteiger partial charge in [0, 0.05) is 11.6 Å². The fourth-order valence-corrected chi connectivity index (χ4v) is 2.31. The number of pyridine rings is 1. The van der Waals surface area contributed by atoms with Crippen molar-refractivity contribution in [3.8, 4) is 0 Å². The molecule has 0 fully saturated rings. The average Bonchev–Trinajstić information content (AvgIpc) is 2.61. The van der Waals surface area contributed by atoms with Crippen LogP contribution >= 0.6 is 0 Å². The number of para-hydroxylation sites is 1. The number of hydrogen-bond donors (Lipinski definition) is 1.